The van der Waals surface area contributed by atoms with Gasteiger partial charge in [0.05, 0.1) is 0 Å². The second-order valence-corrected chi connectivity index (χ2v) is 4.35. The normalized spacial score (nSPS) is 10.4. The summed E-state index contributed by atoms with van der Waals surface area (Å²) in [6.07, 6.45) is 2.90. The van der Waals surface area contributed by atoms with Gasteiger partial charge in [-0.1, -0.05) is 13.3 Å². The van der Waals surface area contributed by atoms with Crippen molar-refractivity contribution in [3.05, 3.63) is 29.6 Å². The van der Waals surface area contributed by atoms with Crippen LogP contribution in [0.4, 0.5) is 10.1 Å². The Morgan fingerprint density at radius 3 is 2.74 bits per heavy atom. The minimum atomic E-state index is -0.506. The zero-order valence-corrected chi connectivity index (χ0v) is 11.2. The third kappa shape index (κ3) is 6.20. The van der Waals surface area contributed by atoms with Gasteiger partial charge in [0.25, 0.3) is 5.91 Å². The van der Waals surface area contributed by atoms with Gasteiger partial charge in [-0.15, -0.1) is 0 Å². The first-order chi connectivity index (χ1) is 9.13. The number of amides is 1. The highest BCUT2D eigenvalue weighted by atomic mass is 19.1. The molecule has 0 aliphatic rings. The van der Waals surface area contributed by atoms with E-state index in [0.717, 1.165) is 25.9 Å². The number of unbranched alkanes of at least 4 members (excludes halogenated alkanes) is 1. The Morgan fingerprint density at radius 1 is 1.32 bits per heavy atom. The van der Waals surface area contributed by atoms with E-state index >= 15 is 0 Å². The molecule has 0 saturated carbocycles. The summed E-state index contributed by atoms with van der Waals surface area (Å²) in [6, 6.07) is 3.80. The molecule has 1 aromatic rings. The summed E-state index contributed by atoms with van der Waals surface area (Å²) < 4.78 is 18.4. The molecule has 19 heavy (non-hydrogen) atoms. The first kappa shape index (κ1) is 15.4. The van der Waals surface area contributed by atoms with Gasteiger partial charge in [0, 0.05) is 31.0 Å². The maximum Gasteiger partial charge on any atom is 0.251 e. The number of benzene rings is 1. The Labute approximate surface area is 113 Å². The van der Waals surface area contributed by atoms with E-state index in [1.165, 1.54) is 18.2 Å². The molecule has 1 aromatic carbocycles. The maximum absolute atomic E-state index is 13.1. The molecule has 0 aromatic heterocycles. The largest absolute Gasteiger partial charge is 0.399 e. The van der Waals surface area contributed by atoms with Crippen molar-refractivity contribution < 1.29 is 13.9 Å². The molecular formula is C14H21FN2O2. The first-order valence-electron chi connectivity index (χ1n) is 6.55. The van der Waals surface area contributed by atoms with Crippen molar-refractivity contribution >= 4 is 11.6 Å². The number of rotatable bonds is 8. The van der Waals surface area contributed by atoms with Crippen LogP contribution in [0.1, 0.15) is 36.5 Å². The zero-order chi connectivity index (χ0) is 14.1. The molecule has 0 atom stereocenters. The van der Waals surface area contributed by atoms with Crippen LogP contribution < -0.4 is 11.1 Å². The second-order valence-electron chi connectivity index (χ2n) is 4.35. The van der Waals surface area contributed by atoms with Gasteiger partial charge in [0.15, 0.2) is 0 Å². The smallest absolute Gasteiger partial charge is 0.251 e. The number of nitrogens with two attached hydrogens (primary N) is 1. The van der Waals surface area contributed by atoms with Crippen LogP contribution in [0.5, 0.6) is 0 Å². The second kappa shape index (κ2) is 8.48. The van der Waals surface area contributed by atoms with Crippen molar-refractivity contribution in [2.75, 3.05) is 25.5 Å². The lowest BCUT2D eigenvalue weighted by atomic mass is 10.2. The molecular weight excluding hydrogens is 247 g/mol. The number of nitrogen functional groups attached to an aromatic ring is 1. The highest BCUT2D eigenvalue weighted by Crippen LogP contribution is 2.10. The standard InChI is InChI=1S/C14H21FN2O2/c1-2-3-6-19-7-4-5-17-14(18)11-8-12(15)10-13(16)9-11/h8-10H,2-7,16H2,1H3,(H,17,18). The van der Waals surface area contributed by atoms with Gasteiger partial charge >= 0.3 is 0 Å². The van der Waals surface area contributed by atoms with Crippen molar-refractivity contribution in [2.24, 2.45) is 0 Å². The molecule has 0 aliphatic heterocycles. The number of nitrogens with one attached hydrogen (secondary N) is 1. The average molecular weight is 268 g/mol. The van der Waals surface area contributed by atoms with Gasteiger partial charge in [-0.25, -0.2) is 4.39 Å². The molecule has 4 nitrogen and oxygen atoms in total. The Hall–Kier alpha value is -1.62. The lowest BCUT2D eigenvalue weighted by Crippen LogP contribution is -2.25. The van der Waals surface area contributed by atoms with Crippen LogP contribution in [-0.4, -0.2) is 25.7 Å². The van der Waals surface area contributed by atoms with Crippen molar-refractivity contribution in [3.63, 3.8) is 0 Å². The molecule has 0 heterocycles. The molecule has 0 unspecified atom stereocenters. The average Bonchev–Trinajstić information content (AvgIpc) is 2.36. The predicted molar refractivity (Wildman–Crippen MR) is 73.5 cm³/mol. The van der Waals surface area contributed by atoms with Crippen LogP contribution in [0.25, 0.3) is 0 Å². The SMILES string of the molecule is CCCCOCCCNC(=O)c1cc(N)cc(F)c1. The number of ether oxygens (including phenoxy) is 1. The van der Waals surface area contributed by atoms with E-state index in [0.29, 0.717) is 13.2 Å². The molecule has 0 saturated heterocycles. The Kier molecular flexibility index (Phi) is 6.89. The number of carbonyl (C=O) groups excluding carboxylic acids is 1. The van der Waals surface area contributed by atoms with Crippen molar-refractivity contribution in [2.45, 2.75) is 26.2 Å². The molecule has 0 radical (unpaired) electrons. The molecule has 106 valence electrons. The number of halogens is 1. The van der Waals surface area contributed by atoms with Crippen LogP contribution >= 0.6 is 0 Å². The van der Waals surface area contributed by atoms with Gasteiger partial charge in [0.2, 0.25) is 0 Å². The van der Waals surface area contributed by atoms with Crippen LogP contribution in [-0.2, 0) is 4.74 Å². The Morgan fingerprint density at radius 2 is 2.05 bits per heavy atom. The minimum Gasteiger partial charge on any atom is -0.399 e. The van der Waals surface area contributed by atoms with E-state index in [1.807, 2.05) is 0 Å². The first-order valence-corrected chi connectivity index (χ1v) is 6.55. The summed E-state index contributed by atoms with van der Waals surface area (Å²) in [6.45, 7) is 3.98. The summed E-state index contributed by atoms with van der Waals surface area (Å²) in [5.41, 5.74) is 5.96. The molecule has 0 aliphatic carbocycles. The number of hydrogen-bond acceptors (Lipinski definition) is 3. The van der Waals surface area contributed by atoms with E-state index in [4.69, 9.17) is 10.5 Å². The van der Waals surface area contributed by atoms with Gasteiger partial charge in [-0.05, 0) is 31.0 Å². The molecule has 1 amide bonds. The van der Waals surface area contributed by atoms with Gasteiger partial charge in [-0.2, -0.15) is 0 Å². The fourth-order valence-electron chi connectivity index (χ4n) is 1.57. The fourth-order valence-corrected chi connectivity index (χ4v) is 1.57. The highest BCUT2D eigenvalue weighted by molar-refractivity contribution is 5.95. The van der Waals surface area contributed by atoms with Gasteiger partial charge in [-0.3, -0.25) is 4.79 Å². The summed E-state index contributed by atoms with van der Waals surface area (Å²) in [5, 5.41) is 2.70. The molecule has 1 rings (SSSR count). The Balaban J connectivity index is 2.24. The van der Waals surface area contributed by atoms with Crippen LogP contribution in [0.15, 0.2) is 18.2 Å². The summed E-state index contributed by atoms with van der Waals surface area (Å²) in [5.74, 6) is -0.826. The highest BCUT2D eigenvalue weighted by Gasteiger charge is 2.07. The molecule has 0 fully saturated rings. The van der Waals surface area contributed by atoms with E-state index in [2.05, 4.69) is 12.2 Å². The quantitative estimate of drug-likeness (QED) is 0.562. The van der Waals surface area contributed by atoms with Gasteiger partial charge in [0.1, 0.15) is 5.82 Å². The monoisotopic (exact) mass is 268 g/mol. The van der Waals surface area contributed by atoms with Crippen LogP contribution in [0, 0.1) is 5.82 Å². The molecule has 3 N–H and O–H groups in total. The maximum atomic E-state index is 13.1. The van der Waals surface area contributed by atoms with Crippen molar-refractivity contribution in [1.29, 1.82) is 0 Å². The molecule has 0 bridgehead atoms. The number of anilines is 1. The summed E-state index contributed by atoms with van der Waals surface area (Å²) in [4.78, 5) is 11.7. The predicted octanol–water partition coefficient (Wildman–Crippen LogP) is 2.34. The van der Waals surface area contributed by atoms with Crippen LogP contribution in [0.2, 0.25) is 0 Å². The van der Waals surface area contributed by atoms with E-state index in [1.54, 1.807) is 0 Å². The van der Waals surface area contributed by atoms with E-state index < -0.39 is 5.82 Å². The lowest BCUT2D eigenvalue weighted by Gasteiger charge is -2.07. The minimum absolute atomic E-state index is 0.240. The third-order valence-electron chi connectivity index (χ3n) is 2.58. The molecule has 5 heteroatoms. The zero-order valence-electron chi connectivity index (χ0n) is 11.2. The summed E-state index contributed by atoms with van der Waals surface area (Å²) >= 11 is 0. The van der Waals surface area contributed by atoms with Gasteiger partial charge < -0.3 is 15.8 Å². The molecule has 0 spiro atoms. The Bertz CT molecular complexity index is 390. The van der Waals surface area contributed by atoms with E-state index in [9.17, 15) is 9.18 Å². The van der Waals surface area contributed by atoms with E-state index in [-0.39, 0.29) is 17.2 Å². The number of carbonyl (C=O) groups is 1. The van der Waals surface area contributed by atoms with Crippen LogP contribution in [0.3, 0.4) is 0 Å². The summed E-state index contributed by atoms with van der Waals surface area (Å²) in [7, 11) is 0. The lowest BCUT2D eigenvalue weighted by molar-refractivity contribution is 0.0940. The van der Waals surface area contributed by atoms with Crippen molar-refractivity contribution in [1.82, 2.24) is 5.32 Å². The fraction of sp³-hybridized carbons (Fsp3) is 0.500. The van der Waals surface area contributed by atoms with Crippen molar-refractivity contribution in [3.8, 4) is 0 Å². The topological polar surface area (TPSA) is 64.3 Å². The third-order valence-corrected chi connectivity index (χ3v) is 2.58. The number of hydrogen-bond donors (Lipinski definition) is 2.